The Labute approximate surface area is 365 Å². The van der Waals surface area contributed by atoms with Crippen LogP contribution in [0, 0.1) is 0 Å². The van der Waals surface area contributed by atoms with Crippen molar-refractivity contribution in [2.45, 2.75) is 94.7 Å². The summed E-state index contributed by atoms with van der Waals surface area (Å²) in [6.07, 6.45) is 0.175. The number of ketones is 1. The van der Waals surface area contributed by atoms with Gasteiger partial charge in [0.15, 0.2) is 11.7 Å². The number of cyclic esters (lactones) is 1. The van der Waals surface area contributed by atoms with Crippen molar-refractivity contribution in [1.82, 2.24) is 35.6 Å². The Balaban J connectivity index is 1.44. The zero-order chi connectivity index (χ0) is 45.5. The van der Waals surface area contributed by atoms with Crippen molar-refractivity contribution in [2.75, 3.05) is 39.1 Å². The Morgan fingerprint density at radius 2 is 1.57 bits per heavy atom. The average Bonchev–Trinajstić information content (AvgIpc) is 3.77. The molecule has 18 nitrogen and oxygen atoms in total. The Morgan fingerprint density at radius 3 is 2.24 bits per heavy atom. The molecule has 3 aromatic rings. The van der Waals surface area contributed by atoms with Crippen LogP contribution in [0.2, 0.25) is 0 Å². The SMILES string of the molecule is CC[C@H]1NC(=O)[C@@H](NC(=O)c2ncccc2O)[C@H](C)OC(=O)[C@H](c2ccccc2)NC(=O)[C@H]2CC(=O)CCN2C(=O)[C@H](Cc2ccc(N(C)C)cc2)N(C)C(=O)[C@@H]2CCCN2C1=O. The number of nitrogens with zero attached hydrogens (tertiary/aromatic N) is 5. The number of piperidine rings is 1. The summed E-state index contributed by atoms with van der Waals surface area (Å²) in [6, 6.07) is 10.1. The van der Waals surface area contributed by atoms with Crippen LogP contribution in [-0.4, -0.2) is 143 Å². The molecule has 0 spiro atoms. The molecule has 3 aliphatic heterocycles. The first-order valence-electron chi connectivity index (χ1n) is 21.1. The quantitative estimate of drug-likeness (QED) is 0.247. The van der Waals surface area contributed by atoms with Crippen LogP contribution in [-0.2, 0) is 44.7 Å². The predicted octanol–water partition coefficient (Wildman–Crippen LogP) is 1.27. The molecule has 3 fully saturated rings. The van der Waals surface area contributed by atoms with E-state index in [1.807, 2.05) is 43.3 Å². The first-order chi connectivity index (χ1) is 30.1. The van der Waals surface area contributed by atoms with Crippen molar-refractivity contribution in [3.8, 4) is 5.75 Å². The molecule has 4 heterocycles. The fourth-order valence-electron chi connectivity index (χ4n) is 8.20. The highest BCUT2D eigenvalue weighted by Crippen LogP contribution is 2.27. The molecule has 6 amide bonds. The van der Waals surface area contributed by atoms with Crippen LogP contribution >= 0.6 is 0 Å². The van der Waals surface area contributed by atoms with Crippen LogP contribution in [0.15, 0.2) is 72.9 Å². The van der Waals surface area contributed by atoms with Gasteiger partial charge in [0.1, 0.15) is 47.8 Å². The highest BCUT2D eigenvalue weighted by molar-refractivity contribution is 6.01. The maximum atomic E-state index is 15.0. The summed E-state index contributed by atoms with van der Waals surface area (Å²) < 4.78 is 5.85. The van der Waals surface area contributed by atoms with Crippen molar-refractivity contribution >= 4 is 52.9 Å². The highest BCUT2D eigenvalue weighted by Gasteiger charge is 2.45. The summed E-state index contributed by atoms with van der Waals surface area (Å²) in [5.41, 5.74) is 1.45. The lowest BCUT2D eigenvalue weighted by Gasteiger charge is -2.40. The highest BCUT2D eigenvalue weighted by atomic mass is 16.5. The topological polar surface area (TPSA) is 228 Å². The average molecular weight is 867 g/mol. The molecule has 0 unspecified atom stereocenters. The number of anilines is 1. The maximum Gasteiger partial charge on any atom is 0.333 e. The van der Waals surface area contributed by atoms with Gasteiger partial charge in [0, 0.05) is 65.4 Å². The number of carbonyl (C=O) groups excluding carboxylic acids is 8. The molecule has 0 saturated carbocycles. The van der Waals surface area contributed by atoms with Crippen LogP contribution in [0.25, 0.3) is 0 Å². The number of carbonyl (C=O) groups is 8. The largest absolute Gasteiger partial charge is 0.505 e. The summed E-state index contributed by atoms with van der Waals surface area (Å²) >= 11 is 0. The fourth-order valence-corrected chi connectivity index (χ4v) is 8.20. The van der Waals surface area contributed by atoms with Gasteiger partial charge >= 0.3 is 5.97 Å². The smallest absolute Gasteiger partial charge is 0.333 e. The number of aromatic nitrogens is 1. The number of Topliss-reactive ketones (excluding diaryl/α,β-unsaturated/α-hetero) is 1. The van der Waals surface area contributed by atoms with E-state index in [0.717, 1.165) is 5.69 Å². The van der Waals surface area contributed by atoms with Crippen molar-refractivity contribution in [2.24, 2.45) is 0 Å². The third kappa shape index (κ3) is 10.3. The van der Waals surface area contributed by atoms with E-state index in [0.29, 0.717) is 12.0 Å². The number of likely N-dealkylation sites (N-methyl/N-ethyl adjacent to an activating group) is 1. The van der Waals surface area contributed by atoms with E-state index >= 15 is 0 Å². The van der Waals surface area contributed by atoms with Gasteiger partial charge in [0.25, 0.3) is 5.91 Å². The van der Waals surface area contributed by atoms with Gasteiger partial charge in [-0.2, -0.15) is 0 Å². The van der Waals surface area contributed by atoms with Crippen molar-refractivity contribution in [3.63, 3.8) is 0 Å². The van der Waals surface area contributed by atoms with Gasteiger partial charge in [-0.25, -0.2) is 9.78 Å². The molecule has 334 valence electrons. The molecule has 6 rings (SSSR count). The van der Waals surface area contributed by atoms with Gasteiger partial charge in [-0.15, -0.1) is 0 Å². The lowest BCUT2D eigenvalue weighted by Crippen LogP contribution is -2.61. The van der Waals surface area contributed by atoms with Gasteiger partial charge in [-0.05, 0) is 61.6 Å². The molecule has 0 bridgehead atoms. The normalized spacial score (nSPS) is 25.4. The lowest BCUT2D eigenvalue weighted by atomic mass is 9.95. The van der Waals surface area contributed by atoms with Gasteiger partial charge in [-0.3, -0.25) is 33.6 Å². The van der Waals surface area contributed by atoms with Gasteiger partial charge in [0.2, 0.25) is 29.5 Å². The standard InChI is InChI=1S/C45H54N8O10/c1-6-31-42(59)52-22-11-14-32(52)43(60)51(5)34(24-27-16-18-29(19-17-27)50(3)4)44(61)53-23-20-30(54)25-33(53)39(56)49-37(28-12-8-7-9-13-28)45(62)63-26(2)36(40(57)47-31)48-41(58)38-35(55)15-10-21-46-38/h7-10,12-13,15-19,21,26,31-34,36-37,55H,6,11,14,20,22-25H2,1-5H3,(H,47,57)(H,48,58)(H,49,56)/t26-,31+,32-,33+,34-,36-,37-/m0/s1. The van der Waals surface area contributed by atoms with Gasteiger partial charge in [-0.1, -0.05) is 49.4 Å². The number of ether oxygens (including phenoxy) is 1. The number of hydrogen-bond donors (Lipinski definition) is 4. The first kappa shape index (κ1) is 45.7. The summed E-state index contributed by atoms with van der Waals surface area (Å²) in [6.45, 7) is 3.02. The van der Waals surface area contributed by atoms with E-state index in [1.54, 1.807) is 37.3 Å². The molecule has 2 aromatic carbocycles. The van der Waals surface area contributed by atoms with Crippen LogP contribution in [0.1, 0.15) is 73.6 Å². The van der Waals surface area contributed by atoms with Crippen LogP contribution in [0.3, 0.4) is 0 Å². The number of benzene rings is 2. The number of amides is 6. The second-order valence-corrected chi connectivity index (χ2v) is 16.2. The molecule has 63 heavy (non-hydrogen) atoms. The minimum atomic E-state index is -1.68. The van der Waals surface area contributed by atoms with Crippen molar-refractivity contribution < 1.29 is 48.2 Å². The Kier molecular flexibility index (Phi) is 14.4. The molecular formula is C45H54N8O10. The molecule has 18 heteroatoms. The second-order valence-electron chi connectivity index (χ2n) is 16.2. The minimum Gasteiger partial charge on any atom is -0.505 e. The zero-order valence-corrected chi connectivity index (χ0v) is 36.0. The predicted molar refractivity (Wildman–Crippen MR) is 228 cm³/mol. The zero-order valence-electron chi connectivity index (χ0n) is 36.0. The number of hydrogen-bond acceptors (Lipinski definition) is 12. The van der Waals surface area contributed by atoms with Crippen LogP contribution in [0.5, 0.6) is 5.75 Å². The molecule has 1 aromatic heterocycles. The number of pyridine rings is 1. The summed E-state index contributed by atoms with van der Waals surface area (Å²) in [4.78, 5) is 123. The summed E-state index contributed by atoms with van der Waals surface area (Å²) in [5.74, 6) is -6.33. The summed E-state index contributed by atoms with van der Waals surface area (Å²) in [5, 5.41) is 18.2. The van der Waals surface area contributed by atoms with Gasteiger partial charge in [0.05, 0.1) is 0 Å². The van der Waals surface area contributed by atoms with E-state index < -0.39 is 95.2 Å². The molecule has 7 atom stereocenters. The van der Waals surface area contributed by atoms with E-state index in [1.165, 1.54) is 47.0 Å². The van der Waals surface area contributed by atoms with Gasteiger partial charge < -0.3 is 45.4 Å². The molecule has 0 radical (unpaired) electrons. The molecule has 4 N–H and O–H groups in total. The monoisotopic (exact) mass is 866 g/mol. The molecule has 3 saturated heterocycles. The lowest BCUT2D eigenvalue weighted by molar-refractivity contribution is -0.156. The molecule has 3 aliphatic rings. The number of fused-ring (bicyclic) bond motifs is 2. The van der Waals surface area contributed by atoms with Crippen molar-refractivity contribution in [3.05, 3.63) is 89.7 Å². The Hall–Kier alpha value is -6.85. The van der Waals surface area contributed by atoms with Crippen LogP contribution < -0.4 is 20.9 Å². The minimum absolute atomic E-state index is 0.0299. The Morgan fingerprint density at radius 1 is 0.873 bits per heavy atom. The Bertz CT molecular complexity index is 2220. The summed E-state index contributed by atoms with van der Waals surface area (Å²) in [7, 11) is 5.25. The first-order valence-corrected chi connectivity index (χ1v) is 21.1. The number of esters is 1. The fraction of sp³-hybridized carbons (Fsp3) is 0.444. The van der Waals surface area contributed by atoms with E-state index in [-0.39, 0.29) is 56.5 Å². The molecular weight excluding hydrogens is 813 g/mol. The molecule has 0 aliphatic carbocycles. The van der Waals surface area contributed by atoms with Crippen molar-refractivity contribution in [1.29, 1.82) is 0 Å². The third-order valence-electron chi connectivity index (χ3n) is 11.8. The van der Waals surface area contributed by atoms with E-state index in [4.69, 9.17) is 4.74 Å². The maximum absolute atomic E-state index is 15.0. The number of rotatable bonds is 7. The van der Waals surface area contributed by atoms with E-state index in [9.17, 15) is 43.5 Å². The third-order valence-corrected chi connectivity index (χ3v) is 11.8. The number of aromatic hydroxyl groups is 1. The van der Waals surface area contributed by atoms with E-state index in [2.05, 4.69) is 20.9 Å². The number of nitrogens with one attached hydrogen (secondary N) is 3. The van der Waals surface area contributed by atoms with Crippen LogP contribution in [0.4, 0.5) is 5.69 Å². The second kappa shape index (κ2) is 19.9.